The number of carbonyl (C=O) groups is 1. The molecule has 0 spiro atoms. The van der Waals surface area contributed by atoms with Gasteiger partial charge in [0.15, 0.2) is 5.82 Å². The third-order valence-electron chi connectivity index (χ3n) is 5.18. The Hall–Kier alpha value is -1.33. The zero-order chi connectivity index (χ0) is 16.2. The van der Waals surface area contributed by atoms with Crippen molar-refractivity contribution in [2.45, 2.75) is 44.9 Å². The van der Waals surface area contributed by atoms with Crippen molar-refractivity contribution in [1.82, 2.24) is 9.78 Å². The van der Waals surface area contributed by atoms with Crippen molar-refractivity contribution in [2.75, 3.05) is 5.32 Å². The summed E-state index contributed by atoms with van der Waals surface area (Å²) in [5.41, 5.74) is 2.10. The molecule has 2 heterocycles. The first-order valence-electron chi connectivity index (χ1n) is 8.12. The van der Waals surface area contributed by atoms with Gasteiger partial charge < -0.3 is 5.32 Å². The van der Waals surface area contributed by atoms with Gasteiger partial charge in [-0.15, -0.1) is 11.3 Å². The average molecular weight is 350 g/mol. The lowest BCUT2D eigenvalue weighted by Gasteiger charge is -2.26. The fraction of sp³-hybridized carbons (Fsp3) is 0.529. The highest BCUT2D eigenvalue weighted by Crippen LogP contribution is 2.49. The number of nitrogens with zero attached hydrogens (tertiary/aromatic N) is 2. The number of hydrogen-bond acceptors (Lipinski definition) is 3. The van der Waals surface area contributed by atoms with Gasteiger partial charge in [-0.3, -0.25) is 9.48 Å². The Morgan fingerprint density at radius 3 is 2.70 bits per heavy atom. The van der Waals surface area contributed by atoms with Gasteiger partial charge in [-0.2, -0.15) is 5.10 Å². The number of hydrogen-bond donors (Lipinski definition) is 1. The second-order valence-electron chi connectivity index (χ2n) is 6.98. The summed E-state index contributed by atoms with van der Waals surface area (Å²) < 4.78 is 2.66. The van der Waals surface area contributed by atoms with Crippen molar-refractivity contribution in [3.8, 4) is 10.6 Å². The molecule has 2 aliphatic carbocycles. The maximum atomic E-state index is 12.5. The highest BCUT2D eigenvalue weighted by atomic mass is 35.5. The second-order valence-corrected chi connectivity index (χ2v) is 8.70. The Morgan fingerprint density at radius 2 is 2.17 bits per heavy atom. The molecule has 1 amide bonds. The summed E-state index contributed by atoms with van der Waals surface area (Å²) in [4.78, 5) is 13.6. The third-order valence-corrected chi connectivity index (χ3v) is 6.42. The molecule has 4 nitrogen and oxygen atoms in total. The third kappa shape index (κ3) is 2.60. The lowest BCUT2D eigenvalue weighted by atomic mass is 9.79. The summed E-state index contributed by atoms with van der Waals surface area (Å²) >= 11 is 7.68. The van der Waals surface area contributed by atoms with Gasteiger partial charge >= 0.3 is 0 Å². The first-order chi connectivity index (χ1) is 11.0. The van der Waals surface area contributed by atoms with Crippen molar-refractivity contribution in [1.29, 1.82) is 0 Å². The molecule has 23 heavy (non-hydrogen) atoms. The molecule has 2 fully saturated rings. The van der Waals surface area contributed by atoms with E-state index in [-0.39, 0.29) is 11.3 Å². The van der Waals surface area contributed by atoms with E-state index in [0.717, 1.165) is 46.4 Å². The number of thiophene rings is 1. The molecule has 0 radical (unpaired) electrons. The summed E-state index contributed by atoms with van der Waals surface area (Å²) in [7, 11) is 1.94. The lowest BCUT2D eigenvalue weighted by molar-refractivity contribution is -0.120. The van der Waals surface area contributed by atoms with Crippen LogP contribution >= 0.6 is 22.9 Å². The van der Waals surface area contributed by atoms with Gasteiger partial charge in [0.25, 0.3) is 0 Å². The van der Waals surface area contributed by atoms with Crippen molar-refractivity contribution in [3.63, 3.8) is 0 Å². The van der Waals surface area contributed by atoms with E-state index in [4.69, 9.17) is 11.6 Å². The molecule has 2 aromatic rings. The van der Waals surface area contributed by atoms with Crippen molar-refractivity contribution >= 4 is 34.7 Å². The molecule has 2 aromatic heterocycles. The van der Waals surface area contributed by atoms with Gasteiger partial charge in [0.2, 0.25) is 5.91 Å². The predicted molar refractivity (Wildman–Crippen MR) is 94.1 cm³/mol. The van der Waals surface area contributed by atoms with E-state index in [2.05, 4.69) is 10.4 Å². The van der Waals surface area contributed by atoms with E-state index in [1.165, 1.54) is 12.0 Å². The van der Waals surface area contributed by atoms with E-state index in [0.29, 0.717) is 5.92 Å². The van der Waals surface area contributed by atoms with Gasteiger partial charge in [0.05, 0.1) is 14.9 Å². The molecule has 0 aromatic carbocycles. The Bertz CT molecular complexity index is 771. The largest absolute Gasteiger partial charge is 0.308 e. The topological polar surface area (TPSA) is 46.9 Å². The van der Waals surface area contributed by atoms with Crippen LogP contribution in [-0.2, 0) is 11.8 Å². The fourth-order valence-corrected chi connectivity index (χ4v) is 4.26. The maximum Gasteiger partial charge on any atom is 0.231 e. The van der Waals surface area contributed by atoms with Crippen LogP contribution < -0.4 is 5.32 Å². The standard InChI is InChI=1S/C17H20ClN3OS/c1-17(8-9-17)16(22)19-15-13(10-4-3-5-10)14(21(2)20-15)11-6-7-12(18)23-11/h6-7,10H,3-5,8-9H2,1-2H3,(H,19,20,22). The van der Waals surface area contributed by atoms with Crippen molar-refractivity contribution in [3.05, 3.63) is 22.0 Å². The Balaban J connectivity index is 1.75. The summed E-state index contributed by atoms with van der Waals surface area (Å²) in [6.07, 6.45) is 5.51. The molecule has 1 N–H and O–H groups in total. The number of aromatic nitrogens is 2. The maximum absolute atomic E-state index is 12.5. The molecular formula is C17H20ClN3OS. The van der Waals surface area contributed by atoms with E-state index in [1.807, 2.05) is 30.8 Å². The number of anilines is 1. The van der Waals surface area contributed by atoms with Gasteiger partial charge in [-0.25, -0.2) is 0 Å². The van der Waals surface area contributed by atoms with Crippen LogP contribution in [0.3, 0.4) is 0 Å². The van der Waals surface area contributed by atoms with Gasteiger partial charge in [0, 0.05) is 18.0 Å². The number of halogens is 1. The van der Waals surface area contributed by atoms with E-state index < -0.39 is 0 Å². The lowest BCUT2D eigenvalue weighted by Crippen LogP contribution is -2.23. The van der Waals surface area contributed by atoms with Crippen LogP contribution in [0.5, 0.6) is 0 Å². The summed E-state index contributed by atoms with van der Waals surface area (Å²) in [6.45, 7) is 2.02. The Kier molecular flexibility index (Phi) is 3.54. The minimum atomic E-state index is -0.194. The Labute approximate surface area is 144 Å². The molecule has 0 atom stereocenters. The zero-order valence-corrected chi connectivity index (χ0v) is 14.9. The molecule has 0 saturated heterocycles. The highest BCUT2D eigenvalue weighted by Gasteiger charge is 2.45. The molecule has 0 aliphatic heterocycles. The van der Waals surface area contributed by atoms with Crippen LogP contribution in [-0.4, -0.2) is 15.7 Å². The first-order valence-corrected chi connectivity index (χ1v) is 9.31. The quantitative estimate of drug-likeness (QED) is 0.861. The monoisotopic (exact) mass is 349 g/mol. The number of aryl methyl sites for hydroxylation is 1. The predicted octanol–water partition coefficient (Wildman–Crippen LogP) is 4.81. The van der Waals surface area contributed by atoms with Crippen LogP contribution in [0.25, 0.3) is 10.6 Å². The SMILES string of the molecule is Cn1nc(NC(=O)C2(C)CC2)c(C2CCC2)c1-c1ccc(Cl)s1. The smallest absolute Gasteiger partial charge is 0.231 e. The highest BCUT2D eigenvalue weighted by molar-refractivity contribution is 7.19. The number of nitrogens with one attached hydrogen (secondary N) is 1. The minimum Gasteiger partial charge on any atom is -0.308 e. The van der Waals surface area contributed by atoms with E-state index >= 15 is 0 Å². The summed E-state index contributed by atoms with van der Waals surface area (Å²) in [6, 6.07) is 3.96. The second kappa shape index (κ2) is 5.35. The van der Waals surface area contributed by atoms with Crippen LogP contribution in [0.4, 0.5) is 5.82 Å². The molecule has 122 valence electrons. The van der Waals surface area contributed by atoms with Crippen LogP contribution in [0.2, 0.25) is 4.34 Å². The number of carbonyl (C=O) groups excluding carboxylic acids is 1. The molecule has 2 saturated carbocycles. The minimum absolute atomic E-state index is 0.104. The van der Waals surface area contributed by atoms with Gasteiger partial charge in [-0.05, 0) is 43.7 Å². The van der Waals surface area contributed by atoms with Crippen LogP contribution in [0.1, 0.15) is 50.5 Å². The molecule has 0 bridgehead atoms. The first kappa shape index (κ1) is 15.2. The number of rotatable bonds is 4. The van der Waals surface area contributed by atoms with Crippen LogP contribution in [0.15, 0.2) is 12.1 Å². The van der Waals surface area contributed by atoms with E-state index in [9.17, 15) is 4.79 Å². The van der Waals surface area contributed by atoms with E-state index in [1.54, 1.807) is 11.3 Å². The molecule has 4 rings (SSSR count). The molecule has 0 unspecified atom stereocenters. The van der Waals surface area contributed by atoms with Gasteiger partial charge in [-0.1, -0.05) is 24.9 Å². The molecule has 6 heteroatoms. The summed E-state index contributed by atoms with van der Waals surface area (Å²) in [5, 5.41) is 7.73. The van der Waals surface area contributed by atoms with Crippen LogP contribution in [0, 0.1) is 5.41 Å². The average Bonchev–Trinajstić information content (AvgIpc) is 2.94. The molecule has 2 aliphatic rings. The fourth-order valence-electron chi connectivity index (χ4n) is 3.12. The van der Waals surface area contributed by atoms with Crippen molar-refractivity contribution in [2.24, 2.45) is 12.5 Å². The zero-order valence-electron chi connectivity index (χ0n) is 13.4. The van der Waals surface area contributed by atoms with Crippen molar-refractivity contribution < 1.29 is 4.79 Å². The number of amides is 1. The molecular weight excluding hydrogens is 330 g/mol. The normalized spacial score (nSPS) is 19.4. The van der Waals surface area contributed by atoms with Gasteiger partial charge in [0.1, 0.15) is 0 Å². The summed E-state index contributed by atoms with van der Waals surface area (Å²) in [5.74, 6) is 1.34. The Morgan fingerprint density at radius 1 is 1.43 bits per heavy atom.